The molecule has 1 nitrogen and oxygen atoms in total. The van der Waals surface area contributed by atoms with Gasteiger partial charge in [-0.2, -0.15) is 0 Å². The maximum atomic E-state index is 6.09. The molecular formula is C24H26O. The quantitative estimate of drug-likeness (QED) is 0.518. The summed E-state index contributed by atoms with van der Waals surface area (Å²) in [6.45, 7) is 8.89. The van der Waals surface area contributed by atoms with Crippen LogP contribution in [0.5, 0.6) is 11.5 Å². The minimum atomic E-state index is 0.144. The highest BCUT2D eigenvalue weighted by atomic mass is 16.5. The van der Waals surface area contributed by atoms with Gasteiger partial charge in [0.25, 0.3) is 0 Å². The molecule has 0 unspecified atom stereocenters. The lowest BCUT2D eigenvalue weighted by Gasteiger charge is -2.23. The molecule has 0 spiro atoms. The smallest absolute Gasteiger partial charge is 0.130 e. The van der Waals surface area contributed by atoms with Crippen LogP contribution in [0, 0.1) is 6.92 Å². The van der Waals surface area contributed by atoms with Gasteiger partial charge in [0.05, 0.1) is 0 Å². The molecule has 3 aromatic rings. The van der Waals surface area contributed by atoms with E-state index in [1.54, 1.807) is 0 Å². The van der Waals surface area contributed by atoms with Gasteiger partial charge >= 0.3 is 0 Å². The van der Waals surface area contributed by atoms with Crippen LogP contribution >= 0.6 is 0 Å². The minimum Gasteiger partial charge on any atom is -0.457 e. The number of hydrogen-bond acceptors (Lipinski definition) is 1. The van der Waals surface area contributed by atoms with Crippen LogP contribution in [-0.2, 0) is 11.8 Å². The predicted molar refractivity (Wildman–Crippen MR) is 106 cm³/mol. The highest BCUT2D eigenvalue weighted by molar-refractivity contribution is 5.43. The van der Waals surface area contributed by atoms with Gasteiger partial charge in [0.2, 0.25) is 0 Å². The van der Waals surface area contributed by atoms with E-state index in [2.05, 4.69) is 70.2 Å². The van der Waals surface area contributed by atoms with E-state index in [4.69, 9.17) is 4.74 Å². The zero-order chi connectivity index (χ0) is 17.9. The van der Waals surface area contributed by atoms with Crippen LogP contribution < -0.4 is 4.74 Å². The molecule has 0 aliphatic carbocycles. The van der Waals surface area contributed by atoms with Crippen molar-refractivity contribution in [1.29, 1.82) is 0 Å². The zero-order valence-electron chi connectivity index (χ0n) is 15.5. The van der Waals surface area contributed by atoms with E-state index in [1.807, 2.05) is 30.3 Å². The van der Waals surface area contributed by atoms with Crippen molar-refractivity contribution >= 4 is 0 Å². The Hall–Kier alpha value is -2.54. The summed E-state index contributed by atoms with van der Waals surface area (Å²) < 4.78 is 6.09. The van der Waals surface area contributed by atoms with Gasteiger partial charge in [0, 0.05) is 0 Å². The Labute approximate surface area is 151 Å². The Bertz CT molecular complexity index is 841. The lowest BCUT2D eigenvalue weighted by Crippen LogP contribution is -2.14. The summed E-state index contributed by atoms with van der Waals surface area (Å²) in [5.74, 6) is 1.80. The van der Waals surface area contributed by atoms with Gasteiger partial charge in [-0.15, -0.1) is 0 Å². The lowest BCUT2D eigenvalue weighted by molar-refractivity contribution is 0.478. The fourth-order valence-electron chi connectivity index (χ4n) is 3.11. The second-order valence-electron chi connectivity index (χ2n) is 7.60. The molecule has 3 rings (SSSR count). The highest BCUT2D eigenvalue weighted by Gasteiger charge is 2.17. The van der Waals surface area contributed by atoms with E-state index >= 15 is 0 Å². The second-order valence-corrected chi connectivity index (χ2v) is 7.60. The normalized spacial score (nSPS) is 11.4. The number of benzene rings is 3. The molecule has 0 aromatic heterocycles. The highest BCUT2D eigenvalue weighted by Crippen LogP contribution is 2.30. The fraction of sp³-hybridized carbons (Fsp3) is 0.250. The summed E-state index contributed by atoms with van der Waals surface area (Å²) in [5, 5.41) is 0. The van der Waals surface area contributed by atoms with Crippen molar-refractivity contribution in [3.8, 4) is 11.5 Å². The zero-order valence-corrected chi connectivity index (χ0v) is 15.5. The van der Waals surface area contributed by atoms with Crippen molar-refractivity contribution in [2.75, 3.05) is 0 Å². The molecule has 0 aliphatic heterocycles. The molecule has 25 heavy (non-hydrogen) atoms. The third kappa shape index (κ3) is 4.30. The van der Waals surface area contributed by atoms with Gasteiger partial charge in [0.15, 0.2) is 0 Å². The molecule has 3 aromatic carbocycles. The molecule has 0 N–H and O–H groups in total. The van der Waals surface area contributed by atoms with Crippen LogP contribution in [0.4, 0.5) is 0 Å². The van der Waals surface area contributed by atoms with Gasteiger partial charge in [-0.05, 0) is 59.2 Å². The first kappa shape index (κ1) is 17.3. The monoisotopic (exact) mass is 330 g/mol. The third-order valence-electron chi connectivity index (χ3n) is 4.44. The largest absolute Gasteiger partial charge is 0.457 e. The molecule has 0 bridgehead atoms. The van der Waals surface area contributed by atoms with Crippen LogP contribution in [0.3, 0.4) is 0 Å². The summed E-state index contributed by atoms with van der Waals surface area (Å²) in [7, 11) is 0. The summed E-state index contributed by atoms with van der Waals surface area (Å²) in [5.41, 5.74) is 5.35. The molecule has 1 heteroatoms. The molecule has 0 heterocycles. The molecule has 128 valence electrons. The third-order valence-corrected chi connectivity index (χ3v) is 4.44. The van der Waals surface area contributed by atoms with Gasteiger partial charge in [-0.3, -0.25) is 0 Å². The topological polar surface area (TPSA) is 9.23 Å². The Kier molecular flexibility index (Phi) is 4.94. The summed E-state index contributed by atoms with van der Waals surface area (Å²) in [6.07, 6.45) is 0.916. The van der Waals surface area contributed by atoms with Crippen molar-refractivity contribution in [3.63, 3.8) is 0 Å². The van der Waals surface area contributed by atoms with E-state index in [1.165, 1.54) is 16.7 Å². The Morgan fingerprint density at radius 2 is 1.48 bits per heavy atom. The van der Waals surface area contributed by atoms with Crippen molar-refractivity contribution < 1.29 is 4.74 Å². The van der Waals surface area contributed by atoms with Crippen LogP contribution in [0.2, 0.25) is 0 Å². The first-order valence-corrected chi connectivity index (χ1v) is 8.84. The van der Waals surface area contributed by atoms with Crippen LogP contribution in [0.15, 0.2) is 72.8 Å². The van der Waals surface area contributed by atoms with Crippen molar-refractivity contribution in [3.05, 3.63) is 95.1 Å². The fourth-order valence-corrected chi connectivity index (χ4v) is 3.11. The predicted octanol–water partition coefficient (Wildman–Crippen LogP) is 6.68. The van der Waals surface area contributed by atoms with E-state index in [0.717, 1.165) is 23.5 Å². The number of ether oxygens (including phenoxy) is 1. The number of hydrogen-bond donors (Lipinski definition) is 0. The molecule has 0 radical (unpaired) electrons. The van der Waals surface area contributed by atoms with E-state index in [-0.39, 0.29) is 5.41 Å². The Balaban J connectivity index is 1.89. The maximum absolute atomic E-state index is 6.09. The summed E-state index contributed by atoms with van der Waals surface area (Å²) in [6, 6.07) is 25.2. The van der Waals surface area contributed by atoms with E-state index in [0.29, 0.717) is 0 Å². The molecule has 0 saturated carbocycles. The lowest BCUT2D eigenvalue weighted by atomic mass is 9.82. The molecule has 0 saturated heterocycles. The van der Waals surface area contributed by atoms with Gasteiger partial charge < -0.3 is 4.74 Å². The summed E-state index contributed by atoms with van der Waals surface area (Å²) >= 11 is 0. The standard InChI is InChI=1S/C24H26O/c1-18-14-15-19(17-23(18)25-21-11-6-5-7-12-21)16-20-10-8-9-13-22(20)24(2,3)4/h5-15,17H,16H2,1-4H3. The van der Waals surface area contributed by atoms with Gasteiger partial charge in [0.1, 0.15) is 11.5 Å². The Morgan fingerprint density at radius 1 is 0.800 bits per heavy atom. The minimum absolute atomic E-state index is 0.144. The number of para-hydroxylation sites is 1. The SMILES string of the molecule is Cc1ccc(Cc2ccccc2C(C)(C)C)cc1Oc1ccccc1. The van der Waals surface area contributed by atoms with E-state index in [9.17, 15) is 0 Å². The van der Waals surface area contributed by atoms with E-state index < -0.39 is 0 Å². The second kappa shape index (κ2) is 7.14. The average Bonchev–Trinajstić information content (AvgIpc) is 2.58. The summed E-state index contributed by atoms with van der Waals surface area (Å²) in [4.78, 5) is 0. The molecule has 0 aliphatic rings. The Morgan fingerprint density at radius 3 is 2.20 bits per heavy atom. The van der Waals surface area contributed by atoms with Gasteiger partial charge in [-0.1, -0.05) is 75.4 Å². The number of aryl methyl sites for hydroxylation is 1. The molecule has 0 atom stereocenters. The van der Waals surface area contributed by atoms with Gasteiger partial charge in [-0.25, -0.2) is 0 Å². The van der Waals surface area contributed by atoms with Crippen LogP contribution in [0.25, 0.3) is 0 Å². The van der Waals surface area contributed by atoms with Crippen LogP contribution in [0.1, 0.15) is 43.0 Å². The number of rotatable bonds is 4. The van der Waals surface area contributed by atoms with Crippen molar-refractivity contribution in [2.45, 2.75) is 39.5 Å². The van der Waals surface area contributed by atoms with Crippen molar-refractivity contribution in [1.82, 2.24) is 0 Å². The average molecular weight is 330 g/mol. The molecular weight excluding hydrogens is 304 g/mol. The molecule has 0 amide bonds. The first-order valence-electron chi connectivity index (χ1n) is 8.84. The first-order chi connectivity index (χ1) is 11.9. The molecule has 0 fully saturated rings. The van der Waals surface area contributed by atoms with Crippen molar-refractivity contribution in [2.24, 2.45) is 0 Å². The van der Waals surface area contributed by atoms with Crippen LogP contribution in [-0.4, -0.2) is 0 Å². The maximum Gasteiger partial charge on any atom is 0.130 e.